The smallest absolute Gasteiger partial charge is 0.354 e. The van der Waals surface area contributed by atoms with Crippen LogP contribution in [0, 0.1) is 5.82 Å². The Morgan fingerprint density at radius 2 is 1.75 bits per heavy atom. The molecule has 4 rings (SSSR count). The van der Waals surface area contributed by atoms with Crippen molar-refractivity contribution in [2.45, 2.75) is 6.18 Å². The summed E-state index contributed by atoms with van der Waals surface area (Å²) in [7, 11) is 0. The van der Waals surface area contributed by atoms with E-state index >= 15 is 0 Å². The van der Waals surface area contributed by atoms with Gasteiger partial charge in [-0.25, -0.2) is 9.37 Å². The summed E-state index contributed by atoms with van der Waals surface area (Å²) in [6.45, 7) is 0. The Morgan fingerprint density at radius 1 is 0.969 bits per heavy atom. The molecule has 2 aromatic carbocycles. The van der Waals surface area contributed by atoms with Gasteiger partial charge in [0.15, 0.2) is 5.13 Å². The molecule has 0 bridgehead atoms. The second-order valence-corrected chi connectivity index (χ2v) is 7.38. The summed E-state index contributed by atoms with van der Waals surface area (Å²) in [5.74, 6) is -1.79. The lowest BCUT2D eigenvalue weighted by atomic mass is 10.1. The number of nitrogens with zero attached hydrogens (tertiary/aromatic N) is 3. The molecule has 0 spiro atoms. The highest BCUT2D eigenvalue weighted by Crippen LogP contribution is 2.35. The van der Waals surface area contributed by atoms with Gasteiger partial charge in [0.2, 0.25) is 0 Å². The van der Waals surface area contributed by atoms with E-state index in [2.05, 4.69) is 25.8 Å². The Kier molecular flexibility index (Phi) is 5.82. The van der Waals surface area contributed by atoms with E-state index in [0.717, 1.165) is 28.8 Å². The molecule has 0 fully saturated rings. The summed E-state index contributed by atoms with van der Waals surface area (Å²) in [6, 6.07) is 11.0. The first-order chi connectivity index (χ1) is 15.3. The normalized spacial score (nSPS) is 11.2. The number of anilines is 3. The van der Waals surface area contributed by atoms with Crippen molar-refractivity contribution < 1.29 is 22.4 Å². The number of amides is 1. The summed E-state index contributed by atoms with van der Waals surface area (Å²) in [5.41, 5.74) is 0.758. The number of alkyl halides is 3. The van der Waals surface area contributed by atoms with E-state index in [0.29, 0.717) is 11.6 Å². The molecule has 11 heteroatoms. The number of halogens is 4. The first-order valence-electron chi connectivity index (χ1n) is 9.07. The van der Waals surface area contributed by atoms with Gasteiger partial charge < -0.3 is 5.32 Å². The molecule has 0 saturated heterocycles. The number of carbonyl (C=O) groups is 1. The molecule has 0 aliphatic heterocycles. The van der Waals surface area contributed by atoms with Crippen LogP contribution in [0.1, 0.15) is 15.9 Å². The average molecular weight is 459 g/mol. The highest BCUT2D eigenvalue weighted by molar-refractivity contribution is 7.14. The fourth-order valence-electron chi connectivity index (χ4n) is 2.77. The van der Waals surface area contributed by atoms with Gasteiger partial charge in [0.25, 0.3) is 5.91 Å². The molecule has 0 atom stereocenters. The standard InChI is InChI=1S/C21H13F4N5OS/c22-17-6-3-13(9-16(17)21(23,24)25)18-11-32-20(29-18)30-19(31)12-1-4-14(5-2-12)28-15-7-8-26-27-10-15/h1-11H,(H,26,28)(H,29,30,31). The first-order valence-corrected chi connectivity index (χ1v) is 9.95. The van der Waals surface area contributed by atoms with Crippen molar-refractivity contribution in [1.29, 1.82) is 0 Å². The molecule has 2 N–H and O–H groups in total. The van der Waals surface area contributed by atoms with Crippen molar-refractivity contribution in [2.75, 3.05) is 10.6 Å². The summed E-state index contributed by atoms with van der Waals surface area (Å²) >= 11 is 1.05. The topological polar surface area (TPSA) is 79.8 Å². The van der Waals surface area contributed by atoms with Crippen LogP contribution in [0.25, 0.3) is 11.3 Å². The van der Waals surface area contributed by atoms with E-state index in [-0.39, 0.29) is 16.4 Å². The van der Waals surface area contributed by atoms with E-state index in [1.165, 1.54) is 11.4 Å². The van der Waals surface area contributed by atoms with Crippen LogP contribution in [-0.2, 0) is 6.18 Å². The van der Waals surface area contributed by atoms with Gasteiger partial charge in [-0.3, -0.25) is 10.1 Å². The lowest BCUT2D eigenvalue weighted by molar-refractivity contribution is -0.139. The number of hydrogen-bond donors (Lipinski definition) is 2. The minimum atomic E-state index is -4.82. The number of nitrogens with one attached hydrogen (secondary N) is 2. The molecule has 32 heavy (non-hydrogen) atoms. The molecular weight excluding hydrogens is 446 g/mol. The SMILES string of the molecule is O=C(Nc1nc(-c2ccc(F)c(C(F)(F)F)c2)cs1)c1ccc(Nc2ccnnc2)cc1. The Labute approximate surface area is 183 Å². The van der Waals surface area contributed by atoms with Crippen molar-refractivity contribution in [1.82, 2.24) is 15.2 Å². The maximum atomic E-state index is 13.5. The monoisotopic (exact) mass is 459 g/mol. The minimum Gasteiger partial charge on any atom is -0.354 e. The number of carbonyl (C=O) groups excluding carboxylic acids is 1. The van der Waals surface area contributed by atoms with Gasteiger partial charge in [0.05, 0.1) is 29.3 Å². The third kappa shape index (κ3) is 4.89. The molecule has 0 aliphatic rings. The van der Waals surface area contributed by atoms with Gasteiger partial charge in [-0.15, -0.1) is 11.3 Å². The third-order valence-electron chi connectivity index (χ3n) is 4.31. The predicted molar refractivity (Wildman–Crippen MR) is 112 cm³/mol. The lowest BCUT2D eigenvalue weighted by Crippen LogP contribution is -2.11. The van der Waals surface area contributed by atoms with E-state index < -0.39 is 23.5 Å². The number of rotatable bonds is 5. The van der Waals surface area contributed by atoms with Gasteiger partial charge in [-0.1, -0.05) is 0 Å². The maximum Gasteiger partial charge on any atom is 0.419 e. The Hall–Kier alpha value is -3.86. The van der Waals surface area contributed by atoms with Crippen molar-refractivity contribution >= 4 is 33.8 Å². The molecule has 1 amide bonds. The van der Waals surface area contributed by atoms with Crippen LogP contribution in [0.2, 0.25) is 0 Å². The van der Waals surface area contributed by atoms with Crippen molar-refractivity contribution in [3.05, 3.63) is 83.2 Å². The van der Waals surface area contributed by atoms with E-state index in [9.17, 15) is 22.4 Å². The molecule has 0 saturated carbocycles. The van der Waals surface area contributed by atoms with Crippen LogP contribution < -0.4 is 10.6 Å². The molecule has 162 valence electrons. The number of benzene rings is 2. The molecule has 0 radical (unpaired) electrons. The van der Waals surface area contributed by atoms with E-state index in [4.69, 9.17) is 0 Å². The van der Waals surface area contributed by atoms with Gasteiger partial charge in [-0.2, -0.15) is 23.4 Å². The van der Waals surface area contributed by atoms with Crippen LogP contribution >= 0.6 is 11.3 Å². The van der Waals surface area contributed by atoms with Gasteiger partial charge in [0, 0.05) is 22.2 Å². The van der Waals surface area contributed by atoms with Crippen LogP contribution in [0.4, 0.5) is 34.1 Å². The fraction of sp³-hybridized carbons (Fsp3) is 0.0476. The lowest BCUT2D eigenvalue weighted by Gasteiger charge is -2.09. The fourth-order valence-corrected chi connectivity index (χ4v) is 3.49. The van der Waals surface area contributed by atoms with Gasteiger partial charge in [0.1, 0.15) is 5.82 Å². The highest BCUT2D eigenvalue weighted by Gasteiger charge is 2.34. The Morgan fingerprint density at radius 3 is 2.44 bits per heavy atom. The zero-order valence-electron chi connectivity index (χ0n) is 16.0. The van der Waals surface area contributed by atoms with Gasteiger partial charge in [-0.05, 0) is 48.5 Å². The minimum absolute atomic E-state index is 0.0940. The van der Waals surface area contributed by atoms with Crippen molar-refractivity contribution in [3.63, 3.8) is 0 Å². The van der Waals surface area contributed by atoms with Crippen LogP contribution in [0.5, 0.6) is 0 Å². The Balaban J connectivity index is 1.45. The van der Waals surface area contributed by atoms with Crippen LogP contribution in [0.15, 0.2) is 66.3 Å². The second-order valence-electron chi connectivity index (χ2n) is 6.52. The van der Waals surface area contributed by atoms with Gasteiger partial charge >= 0.3 is 6.18 Å². The maximum absolute atomic E-state index is 13.5. The summed E-state index contributed by atoms with van der Waals surface area (Å²) in [4.78, 5) is 16.6. The predicted octanol–water partition coefficient (Wildman–Crippen LogP) is 5.75. The molecule has 4 aromatic rings. The van der Waals surface area contributed by atoms with Crippen molar-refractivity contribution in [2.24, 2.45) is 0 Å². The number of thiazole rings is 1. The molecule has 2 aromatic heterocycles. The van der Waals surface area contributed by atoms with Crippen molar-refractivity contribution in [3.8, 4) is 11.3 Å². The molecule has 2 heterocycles. The number of hydrogen-bond acceptors (Lipinski definition) is 6. The Bertz CT molecular complexity index is 1240. The van der Waals surface area contributed by atoms with Crippen LogP contribution in [-0.4, -0.2) is 21.1 Å². The zero-order valence-corrected chi connectivity index (χ0v) is 16.8. The largest absolute Gasteiger partial charge is 0.419 e. The zero-order chi connectivity index (χ0) is 22.7. The quantitative estimate of drug-likeness (QED) is 0.371. The highest BCUT2D eigenvalue weighted by atomic mass is 32.1. The average Bonchev–Trinajstić information content (AvgIpc) is 3.23. The molecular formula is C21H13F4N5OS. The van der Waals surface area contributed by atoms with Crippen LogP contribution in [0.3, 0.4) is 0 Å². The molecule has 6 nitrogen and oxygen atoms in total. The summed E-state index contributed by atoms with van der Waals surface area (Å²) in [5, 5.41) is 14.9. The van der Waals surface area contributed by atoms with E-state index in [1.54, 1.807) is 42.7 Å². The first kappa shape index (κ1) is 21.4. The summed E-state index contributed by atoms with van der Waals surface area (Å²) in [6.07, 6.45) is -1.72. The second kappa shape index (κ2) is 8.71. The number of aromatic nitrogens is 3. The third-order valence-corrected chi connectivity index (χ3v) is 5.07. The van der Waals surface area contributed by atoms with E-state index in [1.807, 2.05) is 0 Å². The summed E-state index contributed by atoms with van der Waals surface area (Å²) < 4.78 is 52.3. The molecule has 0 unspecified atom stereocenters. The molecule has 0 aliphatic carbocycles.